The van der Waals surface area contributed by atoms with Crippen molar-refractivity contribution in [2.75, 3.05) is 43.5 Å². The van der Waals surface area contributed by atoms with Gasteiger partial charge in [-0.15, -0.1) is 0 Å². The van der Waals surface area contributed by atoms with Crippen molar-refractivity contribution in [3.05, 3.63) is 58.5 Å². The first kappa shape index (κ1) is 21.8. The van der Waals surface area contributed by atoms with E-state index in [-0.39, 0.29) is 12.3 Å². The highest BCUT2D eigenvalue weighted by Gasteiger charge is 2.21. The molecule has 1 saturated heterocycles. The van der Waals surface area contributed by atoms with Gasteiger partial charge in [-0.3, -0.25) is 14.7 Å². The van der Waals surface area contributed by atoms with E-state index in [1.165, 1.54) is 0 Å². The van der Waals surface area contributed by atoms with Crippen molar-refractivity contribution in [3.8, 4) is 11.3 Å². The fourth-order valence-corrected chi connectivity index (χ4v) is 4.27. The summed E-state index contributed by atoms with van der Waals surface area (Å²) < 4.78 is 5.43. The third-order valence-corrected chi connectivity index (χ3v) is 6.17. The average molecular weight is 465 g/mol. The largest absolute Gasteiger partial charge is 0.379 e. The first-order chi connectivity index (χ1) is 16.0. The van der Waals surface area contributed by atoms with Gasteiger partial charge in [-0.1, -0.05) is 11.6 Å². The van der Waals surface area contributed by atoms with Gasteiger partial charge in [0, 0.05) is 48.2 Å². The molecule has 33 heavy (non-hydrogen) atoms. The Kier molecular flexibility index (Phi) is 6.22. The van der Waals surface area contributed by atoms with E-state index in [0.717, 1.165) is 67.3 Å². The van der Waals surface area contributed by atoms with Crippen LogP contribution in [0.4, 0.5) is 17.3 Å². The molecule has 0 aliphatic carbocycles. The number of morpholine rings is 1. The fourth-order valence-electron chi connectivity index (χ4n) is 4.10. The predicted octanol–water partition coefficient (Wildman–Crippen LogP) is 3.61. The summed E-state index contributed by atoms with van der Waals surface area (Å²) in [5, 5.41) is 6.78. The number of aromatic nitrogens is 3. The second-order valence-corrected chi connectivity index (χ2v) is 8.72. The molecule has 1 aromatic carbocycles. The monoisotopic (exact) mass is 464 g/mol. The molecular formula is C24H25ClN6O2. The minimum Gasteiger partial charge on any atom is -0.379 e. The Morgan fingerprint density at radius 3 is 2.88 bits per heavy atom. The molecule has 0 spiro atoms. The third kappa shape index (κ3) is 4.98. The minimum absolute atomic E-state index is 0.116. The molecule has 9 heteroatoms. The molecule has 2 aliphatic heterocycles. The summed E-state index contributed by atoms with van der Waals surface area (Å²) in [4.78, 5) is 28.5. The molecule has 0 bridgehead atoms. The molecule has 2 aromatic heterocycles. The van der Waals surface area contributed by atoms with E-state index < -0.39 is 0 Å². The van der Waals surface area contributed by atoms with Gasteiger partial charge in [0.25, 0.3) is 0 Å². The van der Waals surface area contributed by atoms with Crippen molar-refractivity contribution in [3.63, 3.8) is 0 Å². The first-order valence-electron chi connectivity index (χ1n) is 11.0. The number of nitrogens with one attached hydrogen (secondary N) is 2. The Labute approximate surface area is 197 Å². The quantitative estimate of drug-likeness (QED) is 0.595. The van der Waals surface area contributed by atoms with Crippen LogP contribution in [0.25, 0.3) is 11.3 Å². The Hall–Kier alpha value is -3.07. The van der Waals surface area contributed by atoms with Gasteiger partial charge in [0.2, 0.25) is 11.9 Å². The number of benzene rings is 1. The molecule has 2 aliphatic rings. The summed E-state index contributed by atoms with van der Waals surface area (Å²) in [7, 11) is 0. The van der Waals surface area contributed by atoms with Crippen LogP contribution in [0.1, 0.15) is 16.8 Å². The summed E-state index contributed by atoms with van der Waals surface area (Å²) >= 11 is 6.14. The van der Waals surface area contributed by atoms with Crippen LogP contribution in [-0.4, -0.2) is 58.6 Å². The van der Waals surface area contributed by atoms with Crippen molar-refractivity contribution in [2.45, 2.75) is 19.8 Å². The lowest BCUT2D eigenvalue weighted by Gasteiger charge is -2.26. The van der Waals surface area contributed by atoms with Gasteiger partial charge in [-0.05, 0) is 43.2 Å². The molecule has 0 saturated carbocycles. The van der Waals surface area contributed by atoms with E-state index in [0.29, 0.717) is 22.4 Å². The van der Waals surface area contributed by atoms with Crippen LogP contribution < -0.4 is 10.6 Å². The number of carbonyl (C=O) groups is 1. The van der Waals surface area contributed by atoms with Crippen molar-refractivity contribution in [1.29, 1.82) is 0 Å². The molecular weight excluding hydrogens is 440 g/mol. The van der Waals surface area contributed by atoms with Gasteiger partial charge in [-0.25, -0.2) is 9.97 Å². The number of hydrogen-bond donors (Lipinski definition) is 2. The zero-order chi connectivity index (χ0) is 22.8. The zero-order valence-electron chi connectivity index (χ0n) is 18.4. The first-order valence-corrected chi connectivity index (χ1v) is 11.4. The molecule has 0 atom stereocenters. The summed E-state index contributed by atoms with van der Waals surface area (Å²) in [6.07, 6.45) is 4.75. The van der Waals surface area contributed by atoms with Gasteiger partial charge < -0.3 is 15.4 Å². The lowest BCUT2D eigenvalue weighted by Crippen LogP contribution is -2.37. The van der Waals surface area contributed by atoms with Crippen molar-refractivity contribution in [1.82, 2.24) is 19.9 Å². The van der Waals surface area contributed by atoms with Gasteiger partial charge >= 0.3 is 0 Å². The van der Waals surface area contributed by atoms with Crippen LogP contribution >= 0.6 is 11.6 Å². The number of fused-ring (bicyclic) bond motifs is 3. The third-order valence-electron chi connectivity index (χ3n) is 5.94. The molecule has 1 amide bonds. The molecule has 0 unspecified atom stereocenters. The highest BCUT2D eigenvalue weighted by molar-refractivity contribution is 6.31. The number of halogens is 1. The number of nitrogens with zero attached hydrogens (tertiary/aromatic N) is 4. The molecule has 4 heterocycles. The number of anilines is 3. The van der Waals surface area contributed by atoms with Crippen LogP contribution in [0.5, 0.6) is 0 Å². The smallest absolute Gasteiger partial charge is 0.228 e. The Morgan fingerprint density at radius 1 is 1.18 bits per heavy atom. The molecule has 170 valence electrons. The second-order valence-electron chi connectivity index (χ2n) is 8.29. The van der Waals surface area contributed by atoms with Crippen molar-refractivity contribution in [2.24, 2.45) is 0 Å². The van der Waals surface area contributed by atoms with Gasteiger partial charge in [-0.2, -0.15) is 0 Å². The van der Waals surface area contributed by atoms with Crippen LogP contribution in [0.2, 0.25) is 5.02 Å². The molecule has 8 nitrogen and oxygen atoms in total. The summed E-state index contributed by atoms with van der Waals surface area (Å²) in [6, 6.07) is 7.52. The van der Waals surface area contributed by atoms with Gasteiger partial charge in [0.15, 0.2) is 0 Å². The van der Waals surface area contributed by atoms with E-state index in [1.54, 1.807) is 18.3 Å². The van der Waals surface area contributed by atoms with E-state index in [9.17, 15) is 4.79 Å². The average Bonchev–Trinajstić information content (AvgIpc) is 2.95. The normalized spacial score (nSPS) is 15.9. The fraction of sp³-hybridized carbons (Fsp3) is 0.333. The summed E-state index contributed by atoms with van der Waals surface area (Å²) in [6.45, 7) is 6.46. The number of pyridine rings is 1. The number of carbonyl (C=O) groups excluding carboxylic acids is 1. The number of rotatable bonds is 5. The molecule has 0 radical (unpaired) electrons. The minimum atomic E-state index is -0.116. The summed E-state index contributed by atoms with van der Waals surface area (Å²) in [5.41, 5.74) is 5.85. The highest BCUT2D eigenvalue weighted by Crippen LogP contribution is 2.35. The maximum atomic E-state index is 12.3. The number of aryl methyl sites for hydroxylation is 1. The Balaban J connectivity index is 1.39. The lowest BCUT2D eigenvalue weighted by molar-refractivity contribution is -0.115. The van der Waals surface area contributed by atoms with E-state index in [1.807, 2.05) is 19.2 Å². The maximum Gasteiger partial charge on any atom is 0.228 e. The predicted molar refractivity (Wildman–Crippen MR) is 128 cm³/mol. The topological polar surface area (TPSA) is 92.3 Å². The van der Waals surface area contributed by atoms with E-state index >= 15 is 0 Å². The molecule has 2 N–H and O–H groups in total. The SMILES string of the molecule is Cc1ncc(CCN2CCOCC2)cc1Nc1ncc2c(n1)-c1ccc(Cl)cc1NC(=O)C2. The van der Waals surface area contributed by atoms with Crippen LogP contribution in [0, 0.1) is 6.92 Å². The van der Waals surface area contributed by atoms with Crippen LogP contribution in [-0.2, 0) is 22.4 Å². The summed E-state index contributed by atoms with van der Waals surface area (Å²) in [5.74, 6) is 0.341. The van der Waals surface area contributed by atoms with Crippen molar-refractivity contribution < 1.29 is 9.53 Å². The van der Waals surface area contributed by atoms with Crippen molar-refractivity contribution >= 4 is 34.8 Å². The number of amides is 1. The van der Waals surface area contributed by atoms with E-state index in [2.05, 4.69) is 31.6 Å². The Bertz CT molecular complexity index is 1200. The molecule has 1 fully saturated rings. The van der Waals surface area contributed by atoms with Crippen LogP contribution in [0.15, 0.2) is 36.7 Å². The molecule has 3 aromatic rings. The zero-order valence-corrected chi connectivity index (χ0v) is 19.2. The highest BCUT2D eigenvalue weighted by atomic mass is 35.5. The maximum absolute atomic E-state index is 12.3. The number of ether oxygens (including phenoxy) is 1. The van der Waals surface area contributed by atoms with Gasteiger partial charge in [0.05, 0.1) is 42.4 Å². The lowest BCUT2D eigenvalue weighted by atomic mass is 10.1. The van der Waals surface area contributed by atoms with Gasteiger partial charge in [0.1, 0.15) is 0 Å². The standard InChI is InChI=1S/C24H25ClN6O2/c1-15-20(10-16(13-26-15)4-5-31-6-8-33-9-7-31)29-24-27-14-17-11-22(32)28-21-12-18(25)2-3-19(21)23(17)30-24/h2-3,10,12-14H,4-9,11H2,1H3,(H,28,32)(H,27,29,30). The Morgan fingerprint density at radius 2 is 2.03 bits per heavy atom. The number of hydrogen-bond acceptors (Lipinski definition) is 7. The second kappa shape index (κ2) is 9.43. The molecule has 5 rings (SSSR count). The van der Waals surface area contributed by atoms with E-state index in [4.69, 9.17) is 21.3 Å². The van der Waals surface area contributed by atoms with Crippen LogP contribution in [0.3, 0.4) is 0 Å².